The molecule has 0 bridgehead atoms. The Kier molecular flexibility index (Phi) is 4.86. The summed E-state index contributed by atoms with van der Waals surface area (Å²) in [5, 5.41) is 36.6. The van der Waals surface area contributed by atoms with Gasteiger partial charge in [-0.1, -0.05) is 12.2 Å². The molecule has 0 aromatic rings. The molecular formula is C12H18O6. The average Bonchev–Trinajstić information content (AvgIpc) is 2.29. The van der Waals surface area contributed by atoms with Crippen molar-refractivity contribution in [1.82, 2.24) is 0 Å². The van der Waals surface area contributed by atoms with Crippen LogP contribution in [0.1, 0.15) is 19.3 Å². The number of aliphatic hydroxyl groups is 2. The summed E-state index contributed by atoms with van der Waals surface area (Å²) >= 11 is 0. The molecule has 0 saturated carbocycles. The van der Waals surface area contributed by atoms with Crippen molar-refractivity contribution in [3.63, 3.8) is 0 Å². The largest absolute Gasteiger partial charge is 0.481 e. The Labute approximate surface area is 105 Å². The SMILES string of the molecule is O=C(O)C1C(CCO)CC=CC1(CCO)C(=O)O. The maximum Gasteiger partial charge on any atom is 0.314 e. The minimum absolute atomic E-state index is 0.141. The van der Waals surface area contributed by atoms with Gasteiger partial charge in [-0.2, -0.15) is 0 Å². The molecule has 3 atom stereocenters. The number of carbonyl (C=O) groups is 2. The molecule has 1 rings (SSSR count). The fraction of sp³-hybridized carbons (Fsp3) is 0.667. The Bertz CT molecular complexity index is 350. The lowest BCUT2D eigenvalue weighted by Gasteiger charge is -2.39. The molecule has 0 saturated heterocycles. The van der Waals surface area contributed by atoms with E-state index in [4.69, 9.17) is 10.2 Å². The molecule has 0 aromatic carbocycles. The Balaban J connectivity index is 3.19. The molecule has 102 valence electrons. The highest BCUT2D eigenvalue weighted by Crippen LogP contribution is 2.44. The molecule has 0 amide bonds. The van der Waals surface area contributed by atoms with Gasteiger partial charge in [-0.25, -0.2) is 0 Å². The Morgan fingerprint density at radius 2 is 1.89 bits per heavy atom. The van der Waals surface area contributed by atoms with Gasteiger partial charge in [-0.3, -0.25) is 9.59 Å². The average molecular weight is 258 g/mol. The molecule has 6 nitrogen and oxygen atoms in total. The first-order valence-electron chi connectivity index (χ1n) is 5.85. The number of carboxylic acids is 2. The lowest BCUT2D eigenvalue weighted by atomic mass is 9.62. The second-order valence-corrected chi connectivity index (χ2v) is 4.55. The molecule has 0 fully saturated rings. The van der Waals surface area contributed by atoms with Crippen LogP contribution in [0.5, 0.6) is 0 Å². The molecule has 1 aliphatic rings. The van der Waals surface area contributed by atoms with Crippen LogP contribution in [0.2, 0.25) is 0 Å². The van der Waals surface area contributed by atoms with Crippen LogP contribution in [-0.4, -0.2) is 45.6 Å². The summed E-state index contributed by atoms with van der Waals surface area (Å²) in [6.07, 6.45) is 3.53. The van der Waals surface area contributed by atoms with Crippen molar-refractivity contribution in [3.8, 4) is 0 Å². The van der Waals surface area contributed by atoms with Crippen molar-refractivity contribution in [3.05, 3.63) is 12.2 Å². The predicted octanol–water partition coefficient (Wildman–Crippen LogP) is 0.0991. The number of carboxylic acid groups (broad SMARTS) is 2. The molecule has 0 radical (unpaired) electrons. The van der Waals surface area contributed by atoms with E-state index in [0.29, 0.717) is 6.42 Å². The summed E-state index contributed by atoms with van der Waals surface area (Å²) in [4.78, 5) is 22.8. The van der Waals surface area contributed by atoms with Crippen LogP contribution in [0.3, 0.4) is 0 Å². The number of rotatable bonds is 6. The van der Waals surface area contributed by atoms with Crippen molar-refractivity contribution >= 4 is 11.9 Å². The second kappa shape index (κ2) is 5.97. The first-order chi connectivity index (χ1) is 8.49. The lowest BCUT2D eigenvalue weighted by molar-refractivity contribution is -0.164. The maximum atomic E-state index is 11.4. The summed E-state index contributed by atoms with van der Waals surface area (Å²) in [6, 6.07) is 0. The number of allylic oxidation sites excluding steroid dienone is 1. The highest BCUT2D eigenvalue weighted by molar-refractivity contribution is 5.86. The number of aliphatic hydroxyl groups excluding tert-OH is 2. The predicted molar refractivity (Wildman–Crippen MR) is 61.8 cm³/mol. The van der Waals surface area contributed by atoms with E-state index in [0.717, 1.165) is 0 Å². The van der Waals surface area contributed by atoms with Crippen molar-refractivity contribution in [1.29, 1.82) is 0 Å². The minimum atomic E-state index is -1.58. The van der Waals surface area contributed by atoms with Crippen LogP contribution in [0, 0.1) is 17.3 Å². The monoisotopic (exact) mass is 258 g/mol. The van der Waals surface area contributed by atoms with Gasteiger partial charge in [-0.05, 0) is 25.2 Å². The smallest absolute Gasteiger partial charge is 0.314 e. The Hall–Kier alpha value is -1.40. The van der Waals surface area contributed by atoms with E-state index < -0.39 is 35.8 Å². The van der Waals surface area contributed by atoms with E-state index >= 15 is 0 Å². The van der Waals surface area contributed by atoms with E-state index in [-0.39, 0.29) is 19.4 Å². The third-order valence-electron chi connectivity index (χ3n) is 3.57. The van der Waals surface area contributed by atoms with Crippen LogP contribution in [-0.2, 0) is 9.59 Å². The minimum Gasteiger partial charge on any atom is -0.481 e. The zero-order valence-electron chi connectivity index (χ0n) is 9.95. The van der Waals surface area contributed by atoms with E-state index in [2.05, 4.69) is 0 Å². The molecule has 18 heavy (non-hydrogen) atoms. The van der Waals surface area contributed by atoms with Crippen LogP contribution in [0.25, 0.3) is 0 Å². The normalized spacial score (nSPS) is 31.2. The summed E-state index contributed by atoms with van der Waals surface area (Å²) < 4.78 is 0. The van der Waals surface area contributed by atoms with Crippen LogP contribution in [0.4, 0.5) is 0 Å². The van der Waals surface area contributed by atoms with Gasteiger partial charge in [0.25, 0.3) is 0 Å². The van der Waals surface area contributed by atoms with Crippen molar-refractivity contribution in [2.45, 2.75) is 19.3 Å². The van der Waals surface area contributed by atoms with E-state index in [9.17, 15) is 19.8 Å². The van der Waals surface area contributed by atoms with Gasteiger partial charge in [0.1, 0.15) is 5.41 Å². The molecule has 6 heteroatoms. The molecule has 3 unspecified atom stereocenters. The molecule has 0 spiro atoms. The summed E-state index contributed by atoms with van der Waals surface area (Å²) in [6.45, 7) is -0.580. The maximum absolute atomic E-state index is 11.4. The zero-order chi connectivity index (χ0) is 13.8. The summed E-state index contributed by atoms with van der Waals surface area (Å²) in [5.41, 5.74) is -1.58. The first-order valence-corrected chi connectivity index (χ1v) is 5.85. The van der Waals surface area contributed by atoms with Crippen molar-refractivity contribution in [2.75, 3.05) is 13.2 Å². The molecule has 0 heterocycles. The topological polar surface area (TPSA) is 115 Å². The molecular weight excluding hydrogens is 240 g/mol. The van der Waals surface area contributed by atoms with Gasteiger partial charge in [0, 0.05) is 13.2 Å². The highest BCUT2D eigenvalue weighted by atomic mass is 16.4. The zero-order valence-corrected chi connectivity index (χ0v) is 9.95. The van der Waals surface area contributed by atoms with Crippen LogP contribution >= 0.6 is 0 Å². The third-order valence-corrected chi connectivity index (χ3v) is 3.57. The molecule has 1 aliphatic carbocycles. The molecule has 0 aromatic heterocycles. The second-order valence-electron chi connectivity index (χ2n) is 4.55. The summed E-state index contributed by atoms with van der Waals surface area (Å²) in [7, 11) is 0. The van der Waals surface area contributed by atoms with Gasteiger partial charge in [0.2, 0.25) is 0 Å². The summed E-state index contributed by atoms with van der Waals surface area (Å²) in [5.74, 6) is -4.00. The number of aliphatic carboxylic acids is 2. The molecule has 0 aliphatic heterocycles. The Morgan fingerprint density at radius 3 is 2.33 bits per heavy atom. The number of hydrogen-bond donors (Lipinski definition) is 4. The van der Waals surface area contributed by atoms with Crippen LogP contribution in [0.15, 0.2) is 12.2 Å². The van der Waals surface area contributed by atoms with Crippen molar-refractivity contribution < 1.29 is 30.0 Å². The fourth-order valence-electron chi connectivity index (χ4n) is 2.72. The van der Waals surface area contributed by atoms with E-state index in [1.165, 1.54) is 6.08 Å². The Morgan fingerprint density at radius 1 is 1.22 bits per heavy atom. The van der Waals surface area contributed by atoms with E-state index in [1.54, 1.807) is 6.08 Å². The first kappa shape index (κ1) is 14.7. The van der Waals surface area contributed by atoms with Gasteiger partial charge >= 0.3 is 11.9 Å². The van der Waals surface area contributed by atoms with Gasteiger partial charge in [-0.15, -0.1) is 0 Å². The quantitative estimate of drug-likeness (QED) is 0.502. The fourth-order valence-corrected chi connectivity index (χ4v) is 2.72. The van der Waals surface area contributed by atoms with Gasteiger partial charge < -0.3 is 20.4 Å². The van der Waals surface area contributed by atoms with Crippen molar-refractivity contribution in [2.24, 2.45) is 17.3 Å². The molecule has 4 N–H and O–H groups in total. The lowest BCUT2D eigenvalue weighted by Crippen LogP contribution is -2.47. The standard InChI is InChI=1S/C12H18O6/c13-6-3-8-2-1-4-12(5-7-14,11(17)18)9(8)10(15)16/h1,4,8-9,13-14H,2-3,5-7H2,(H,15,16)(H,17,18). The third kappa shape index (κ3) is 2.54. The van der Waals surface area contributed by atoms with Gasteiger partial charge in [0.15, 0.2) is 0 Å². The van der Waals surface area contributed by atoms with E-state index in [1.807, 2.05) is 0 Å². The van der Waals surface area contributed by atoms with Gasteiger partial charge in [0.05, 0.1) is 5.92 Å². The number of hydrogen-bond acceptors (Lipinski definition) is 4. The van der Waals surface area contributed by atoms with Crippen LogP contribution < -0.4 is 0 Å². The highest BCUT2D eigenvalue weighted by Gasteiger charge is 2.52.